The average Bonchev–Trinajstić information content (AvgIpc) is 2.86. The standard InChI is InChI=1S/C17H32N2/c1-3-5-6-7-8-9-10-13-19-14-11-17(16-19)15-18-12-4-2/h11,14,16,18H,3-10,12-13,15H2,1-2H3. The number of unbranched alkanes of at least 4 members (excludes halogenated alkanes) is 6. The van der Waals surface area contributed by atoms with E-state index < -0.39 is 0 Å². The lowest BCUT2D eigenvalue weighted by Crippen LogP contribution is -2.13. The van der Waals surface area contributed by atoms with Gasteiger partial charge in [-0.25, -0.2) is 0 Å². The Hall–Kier alpha value is -0.760. The molecule has 0 saturated carbocycles. The van der Waals surface area contributed by atoms with Crippen LogP contribution in [-0.2, 0) is 13.1 Å². The summed E-state index contributed by atoms with van der Waals surface area (Å²) in [5, 5.41) is 3.45. The minimum Gasteiger partial charge on any atom is -0.354 e. The second-order valence-corrected chi connectivity index (χ2v) is 5.56. The molecule has 0 bridgehead atoms. The van der Waals surface area contributed by atoms with E-state index in [9.17, 15) is 0 Å². The number of hydrogen-bond acceptors (Lipinski definition) is 1. The topological polar surface area (TPSA) is 17.0 Å². The molecule has 19 heavy (non-hydrogen) atoms. The summed E-state index contributed by atoms with van der Waals surface area (Å²) >= 11 is 0. The average molecular weight is 264 g/mol. The number of rotatable bonds is 12. The molecule has 1 heterocycles. The number of aromatic nitrogens is 1. The Morgan fingerprint density at radius 1 is 0.947 bits per heavy atom. The summed E-state index contributed by atoms with van der Waals surface area (Å²) in [7, 11) is 0. The van der Waals surface area contributed by atoms with Crippen LogP contribution >= 0.6 is 0 Å². The summed E-state index contributed by atoms with van der Waals surface area (Å²) in [5.74, 6) is 0. The summed E-state index contributed by atoms with van der Waals surface area (Å²) in [6.07, 6.45) is 15.4. The molecule has 1 rings (SSSR count). The smallest absolute Gasteiger partial charge is 0.0220 e. The fraction of sp³-hybridized carbons (Fsp3) is 0.765. The molecule has 0 amide bonds. The normalized spacial score (nSPS) is 11.1. The van der Waals surface area contributed by atoms with Crippen molar-refractivity contribution in [3.8, 4) is 0 Å². The van der Waals surface area contributed by atoms with E-state index >= 15 is 0 Å². The van der Waals surface area contributed by atoms with E-state index in [0.29, 0.717) is 0 Å². The van der Waals surface area contributed by atoms with Crippen molar-refractivity contribution in [3.63, 3.8) is 0 Å². The van der Waals surface area contributed by atoms with Crippen LogP contribution in [0.3, 0.4) is 0 Å². The van der Waals surface area contributed by atoms with Gasteiger partial charge in [-0.15, -0.1) is 0 Å². The Balaban J connectivity index is 2.03. The first-order valence-corrected chi connectivity index (χ1v) is 8.22. The third-order valence-corrected chi connectivity index (χ3v) is 3.59. The van der Waals surface area contributed by atoms with E-state index in [2.05, 4.69) is 42.2 Å². The molecule has 2 heteroatoms. The molecule has 0 aliphatic rings. The molecule has 0 atom stereocenters. The van der Waals surface area contributed by atoms with Crippen molar-refractivity contribution in [1.82, 2.24) is 9.88 Å². The SMILES string of the molecule is CCCCCCCCCn1ccc(CNCCC)c1. The molecular weight excluding hydrogens is 232 g/mol. The van der Waals surface area contributed by atoms with Gasteiger partial charge in [0, 0.05) is 25.5 Å². The van der Waals surface area contributed by atoms with Crippen LogP contribution in [0.15, 0.2) is 18.5 Å². The van der Waals surface area contributed by atoms with Gasteiger partial charge in [-0.3, -0.25) is 0 Å². The Kier molecular flexibility index (Phi) is 9.52. The lowest BCUT2D eigenvalue weighted by Gasteiger charge is -2.03. The minimum atomic E-state index is 1.01. The lowest BCUT2D eigenvalue weighted by atomic mass is 10.1. The van der Waals surface area contributed by atoms with Gasteiger partial charge in [0.25, 0.3) is 0 Å². The van der Waals surface area contributed by atoms with Crippen LogP contribution in [0.25, 0.3) is 0 Å². The van der Waals surface area contributed by atoms with E-state index in [1.54, 1.807) is 0 Å². The van der Waals surface area contributed by atoms with Crippen molar-refractivity contribution in [2.24, 2.45) is 0 Å². The number of nitrogens with one attached hydrogen (secondary N) is 1. The van der Waals surface area contributed by atoms with Gasteiger partial charge in [0.15, 0.2) is 0 Å². The highest BCUT2D eigenvalue weighted by atomic mass is 14.9. The molecule has 0 aliphatic heterocycles. The molecule has 0 aliphatic carbocycles. The van der Waals surface area contributed by atoms with E-state index in [1.165, 1.54) is 63.5 Å². The molecule has 0 aromatic carbocycles. The Morgan fingerprint density at radius 2 is 1.68 bits per heavy atom. The molecule has 0 saturated heterocycles. The predicted molar refractivity (Wildman–Crippen MR) is 84.4 cm³/mol. The highest BCUT2D eigenvalue weighted by Crippen LogP contribution is 2.09. The lowest BCUT2D eigenvalue weighted by molar-refractivity contribution is 0.550. The first kappa shape index (κ1) is 16.3. The largest absolute Gasteiger partial charge is 0.354 e. The molecule has 0 spiro atoms. The predicted octanol–water partition coefficient (Wildman–Crippen LogP) is 4.74. The van der Waals surface area contributed by atoms with Gasteiger partial charge in [0.2, 0.25) is 0 Å². The van der Waals surface area contributed by atoms with Gasteiger partial charge >= 0.3 is 0 Å². The van der Waals surface area contributed by atoms with Crippen LogP contribution in [0.2, 0.25) is 0 Å². The molecule has 0 radical (unpaired) electrons. The van der Waals surface area contributed by atoms with Crippen molar-refractivity contribution in [2.75, 3.05) is 6.54 Å². The summed E-state index contributed by atoms with van der Waals surface area (Å²) in [4.78, 5) is 0. The van der Waals surface area contributed by atoms with Crippen LogP contribution in [-0.4, -0.2) is 11.1 Å². The molecule has 1 N–H and O–H groups in total. The summed E-state index contributed by atoms with van der Waals surface area (Å²) < 4.78 is 2.34. The fourth-order valence-corrected chi connectivity index (χ4v) is 2.40. The van der Waals surface area contributed by atoms with Crippen LogP contribution in [0, 0.1) is 0 Å². The van der Waals surface area contributed by atoms with Crippen LogP contribution in [0.5, 0.6) is 0 Å². The monoisotopic (exact) mass is 264 g/mol. The van der Waals surface area contributed by atoms with Crippen molar-refractivity contribution in [3.05, 3.63) is 24.0 Å². The van der Waals surface area contributed by atoms with Crippen LogP contribution in [0.1, 0.15) is 70.8 Å². The van der Waals surface area contributed by atoms with Gasteiger partial charge in [-0.05, 0) is 31.0 Å². The number of nitrogens with zero attached hydrogens (tertiary/aromatic N) is 1. The first-order valence-electron chi connectivity index (χ1n) is 8.22. The summed E-state index contributed by atoms with van der Waals surface area (Å²) in [6.45, 7) is 7.79. The van der Waals surface area contributed by atoms with Gasteiger partial charge in [-0.1, -0.05) is 52.4 Å². The molecular formula is C17H32N2. The number of aryl methyl sites for hydroxylation is 1. The maximum absolute atomic E-state index is 3.45. The molecule has 0 unspecified atom stereocenters. The van der Waals surface area contributed by atoms with E-state index in [-0.39, 0.29) is 0 Å². The Bertz CT molecular complexity index is 304. The fourth-order valence-electron chi connectivity index (χ4n) is 2.40. The van der Waals surface area contributed by atoms with Gasteiger partial charge in [0.1, 0.15) is 0 Å². The van der Waals surface area contributed by atoms with Crippen molar-refractivity contribution >= 4 is 0 Å². The Morgan fingerprint density at radius 3 is 2.42 bits per heavy atom. The first-order chi connectivity index (χ1) is 9.36. The zero-order valence-electron chi connectivity index (χ0n) is 13.0. The molecule has 110 valence electrons. The van der Waals surface area contributed by atoms with Crippen LogP contribution in [0.4, 0.5) is 0 Å². The minimum absolute atomic E-state index is 1.01. The molecule has 1 aromatic rings. The summed E-state index contributed by atoms with van der Waals surface area (Å²) in [6, 6.07) is 2.24. The zero-order chi connectivity index (χ0) is 13.8. The van der Waals surface area contributed by atoms with E-state index in [1.807, 2.05) is 0 Å². The third kappa shape index (κ3) is 8.10. The highest BCUT2D eigenvalue weighted by molar-refractivity contribution is 5.09. The maximum atomic E-state index is 3.45. The second-order valence-electron chi connectivity index (χ2n) is 5.56. The maximum Gasteiger partial charge on any atom is 0.0220 e. The van der Waals surface area contributed by atoms with Crippen molar-refractivity contribution in [2.45, 2.75) is 78.3 Å². The third-order valence-electron chi connectivity index (χ3n) is 3.59. The molecule has 1 aromatic heterocycles. The van der Waals surface area contributed by atoms with E-state index in [4.69, 9.17) is 0 Å². The quantitative estimate of drug-likeness (QED) is 0.540. The van der Waals surface area contributed by atoms with Crippen molar-refractivity contribution in [1.29, 1.82) is 0 Å². The van der Waals surface area contributed by atoms with E-state index in [0.717, 1.165) is 13.1 Å². The summed E-state index contributed by atoms with van der Waals surface area (Å²) in [5.41, 5.74) is 1.41. The Labute approximate surface area is 119 Å². The number of hydrogen-bond donors (Lipinski definition) is 1. The van der Waals surface area contributed by atoms with Crippen LogP contribution < -0.4 is 5.32 Å². The van der Waals surface area contributed by atoms with Gasteiger partial charge in [-0.2, -0.15) is 0 Å². The molecule has 0 fully saturated rings. The second kappa shape index (κ2) is 11.1. The van der Waals surface area contributed by atoms with Crippen molar-refractivity contribution < 1.29 is 0 Å². The highest BCUT2D eigenvalue weighted by Gasteiger charge is 1.97. The molecule has 2 nitrogen and oxygen atoms in total. The van der Waals surface area contributed by atoms with Gasteiger partial charge < -0.3 is 9.88 Å². The zero-order valence-corrected chi connectivity index (χ0v) is 13.0. The van der Waals surface area contributed by atoms with Gasteiger partial charge in [0.05, 0.1) is 0 Å².